The number of carboxylic acid groups (broad SMARTS) is 1. The van der Waals surface area contributed by atoms with Crippen molar-refractivity contribution in [1.82, 2.24) is 10.6 Å². The van der Waals surface area contributed by atoms with Crippen LogP contribution in [0.15, 0.2) is 24.3 Å². The van der Waals surface area contributed by atoms with Gasteiger partial charge >= 0.3 is 12.0 Å². The number of carbonyl (C=O) groups is 2. The molecule has 2 rings (SSSR count). The zero-order chi connectivity index (χ0) is 15.1. The first-order chi connectivity index (χ1) is 10.1. The lowest BCUT2D eigenvalue weighted by Crippen LogP contribution is -2.36. The van der Waals surface area contributed by atoms with E-state index in [4.69, 9.17) is 5.11 Å². The summed E-state index contributed by atoms with van der Waals surface area (Å²) in [4.78, 5) is 22.4. The topological polar surface area (TPSA) is 78.4 Å². The lowest BCUT2D eigenvalue weighted by molar-refractivity contribution is 0.0697. The largest absolute Gasteiger partial charge is 0.478 e. The molecule has 3 N–H and O–H groups in total. The van der Waals surface area contributed by atoms with E-state index in [1.165, 1.54) is 37.8 Å². The summed E-state index contributed by atoms with van der Waals surface area (Å²) >= 11 is 0. The van der Waals surface area contributed by atoms with Crippen molar-refractivity contribution in [1.29, 1.82) is 0 Å². The Kier molecular flexibility index (Phi) is 5.60. The Morgan fingerprint density at radius 1 is 1.10 bits per heavy atom. The lowest BCUT2D eigenvalue weighted by Gasteiger charge is -2.11. The molecule has 21 heavy (non-hydrogen) atoms. The molecular formula is C16H22N2O3. The van der Waals surface area contributed by atoms with Crippen LogP contribution in [0.4, 0.5) is 4.79 Å². The average molecular weight is 290 g/mol. The summed E-state index contributed by atoms with van der Waals surface area (Å²) in [6, 6.07) is 6.33. The molecule has 5 nitrogen and oxygen atoms in total. The van der Waals surface area contributed by atoms with E-state index in [1.807, 2.05) is 0 Å². The van der Waals surface area contributed by atoms with Gasteiger partial charge in [0, 0.05) is 13.1 Å². The molecule has 0 unspecified atom stereocenters. The van der Waals surface area contributed by atoms with Gasteiger partial charge in [0.1, 0.15) is 0 Å². The van der Waals surface area contributed by atoms with Crippen molar-refractivity contribution in [2.45, 2.75) is 38.6 Å². The third-order valence-corrected chi connectivity index (χ3v) is 3.97. The number of hydrogen-bond donors (Lipinski definition) is 3. The highest BCUT2D eigenvalue weighted by Crippen LogP contribution is 2.26. The minimum Gasteiger partial charge on any atom is -0.478 e. The minimum atomic E-state index is -0.945. The Hall–Kier alpha value is -2.04. The van der Waals surface area contributed by atoms with Crippen LogP contribution in [-0.4, -0.2) is 23.7 Å². The summed E-state index contributed by atoms with van der Waals surface area (Å²) in [5.74, 6) is -0.173. The second-order valence-corrected chi connectivity index (χ2v) is 5.55. The van der Waals surface area contributed by atoms with E-state index in [-0.39, 0.29) is 11.6 Å². The van der Waals surface area contributed by atoms with Crippen molar-refractivity contribution >= 4 is 12.0 Å². The van der Waals surface area contributed by atoms with Crippen LogP contribution in [0.25, 0.3) is 0 Å². The molecule has 114 valence electrons. The summed E-state index contributed by atoms with van der Waals surface area (Å²) in [5.41, 5.74) is 1.13. The molecule has 1 aliphatic rings. The Labute approximate surface area is 124 Å². The van der Waals surface area contributed by atoms with Crippen LogP contribution >= 0.6 is 0 Å². The van der Waals surface area contributed by atoms with E-state index in [2.05, 4.69) is 10.6 Å². The fourth-order valence-corrected chi connectivity index (χ4v) is 2.70. The number of benzene rings is 1. The molecule has 0 bridgehead atoms. The van der Waals surface area contributed by atoms with Gasteiger partial charge in [-0.3, -0.25) is 0 Å². The molecule has 1 saturated carbocycles. The molecule has 0 saturated heterocycles. The number of carbonyl (C=O) groups excluding carboxylic acids is 1. The van der Waals surface area contributed by atoms with E-state index in [0.717, 1.165) is 17.9 Å². The number of hydrogen-bond acceptors (Lipinski definition) is 2. The number of aromatic carboxylic acids is 1. The number of nitrogens with one attached hydrogen (secondary N) is 2. The summed E-state index contributed by atoms with van der Waals surface area (Å²) in [7, 11) is 0. The molecule has 0 radical (unpaired) electrons. The van der Waals surface area contributed by atoms with Gasteiger partial charge in [0.2, 0.25) is 0 Å². The number of urea groups is 1. The highest BCUT2D eigenvalue weighted by atomic mass is 16.4. The second-order valence-electron chi connectivity index (χ2n) is 5.55. The predicted molar refractivity (Wildman–Crippen MR) is 80.2 cm³/mol. The van der Waals surface area contributed by atoms with Gasteiger partial charge in [0.05, 0.1) is 5.56 Å². The van der Waals surface area contributed by atoms with E-state index in [0.29, 0.717) is 13.1 Å². The van der Waals surface area contributed by atoms with Gasteiger partial charge in [-0.15, -0.1) is 0 Å². The Morgan fingerprint density at radius 2 is 1.76 bits per heavy atom. The fourth-order valence-electron chi connectivity index (χ4n) is 2.70. The van der Waals surface area contributed by atoms with Crippen LogP contribution in [0.1, 0.15) is 48.0 Å². The summed E-state index contributed by atoms with van der Waals surface area (Å²) in [6.07, 6.45) is 6.28. The standard InChI is InChI=1S/C16H22N2O3/c19-15(20)14-7-5-13(6-8-14)11-18-16(21)17-10-9-12-3-1-2-4-12/h5-8,12H,1-4,9-11H2,(H,19,20)(H2,17,18,21). The third-order valence-electron chi connectivity index (χ3n) is 3.97. The molecule has 1 aliphatic carbocycles. The molecule has 5 heteroatoms. The van der Waals surface area contributed by atoms with Crippen LogP contribution in [0.5, 0.6) is 0 Å². The van der Waals surface area contributed by atoms with Gasteiger partial charge in [-0.05, 0) is 30.0 Å². The fraction of sp³-hybridized carbons (Fsp3) is 0.500. The summed E-state index contributed by atoms with van der Waals surface area (Å²) < 4.78 is 0. The van der Waals surface area contributed by atoms with Gasteiger partial charge in [0.25, 0.3) is 0 Å². The van der Waals surface area contributed by atoms with Crippen molar-refractivity contribution in [3.63, 3.8) is 0 Å². The molecule has 1 fully saturated rings. The summed E-state index contributed by atoms with van der Waals surface area (Å²) in [6.45, 7) is 1.11. The van der Waals surface area contributed by atoms with Crippen molar-refractivity contribution in [3.05, 3.63) is 35.4 Å². The Morgan fingerprint density at radius 3 is 2.38 bits per heavy atom. The van der Waals surface area contributed by atoms with E-state index >= 15 is 0 Å². The van der Waals surface area contributed by atoms with Crippen molar-refractivity contribution in [2.24, 2.45) is 5.92 Å². The maximum absolute atomic E-state index is 11.6. The number of rotatable bonds is 6. The second kappa shape index (κ2) is 7.67. The maximum Gasteiger partial charge on any atom is 0.335 e. The average Bonchev–Trinajstić information content (AvgIpc) is 2.99. The molecule has 0 atom stereocenters. The van der Waals surface area contributed by atoms with Gasteiger partial charge in [-0.25, -0.2) is 9.59 Å². The minimum absolute atomic E-state index is 0.171. The van der Waals surface area contributed by atoms with Gasteiger partial charge < -0.3 is 15.7 Å². The zero-order valence-corrected chi connectivity index (χ0v) is 12.1. The number of carboxylic acids is 1. The molecule has 1 aromatic rings. The van der Waals surface area contributed by atoms with Crippen LogP contribution in [0.3, 0.4) is 0 Å². The highest BCUT2D eigenvalue weighted by Gasteiger charge is 2.14. The Bertz CT molecular complexity index is 479. The monoisotopic (exact) mass is 290 g/mol. The smallest absolute Gasteiger partial charge is 0.335 e. The first-order valence-corrected chi connectivity index (χ1v) is 7.49. The van der Waals surface area contributed by atoms with E-state index in [9.17, 15) is 9.59 Å². The number of amides is 2. The molecular weight excluding hydrogens is 268 g/mol. The van der Waals surface area contributed by atoms with E-state index < -0.39 is 5.97 Å². The van der Waals surface area contributed by atoms with Gasteiger partial charge in [-0.1, -0.05) is 37.8 Å². The normalized spacial score (nSPS) is 14.9. The van der Waals surface area contributed by atoms with Gasteiger partial charge in [-0.2, -0.15) is 0 Å². The lowest BCUT2D eigenvalue weighted by atomic mass is 10.0. The van der Waals surface area contributed by atoms with Gasteiger partial charge in [0.15, 0.2) is 0 Å². The van der Waals surface area contributed by atoms with Crippen molar-refractivity contribution in [3.8, 4) is 0 Å². The van der Waals surface area contributed by atoms with Crippen LogP contribution in [-0.2, 0) is 6.54 Å². The quantitative estimate of drug-likeness (QED) is 0.753. The molecule has 0 heterocycles. The molecule has 0 aliphatic heterocycles. The van der Waals surface area contributed by atoms with Crippen LogP contribution < -0.4 is 10.6 Å². The predicted octanol–water partition coefficient (Wildman–Crippen LogP) is 2.76. The Balaban J connectivity index is 1.64. The summed E-state index contributed by atoms with van der Waals surface area (Å²) in [5, 5.41) is 14.4. The van der Waals surface area contributed by atoms with Crippen LogP contribution in [0, 0.1) is 5.92 Å². The highest BCUT2D eigenvalue weighted by molar-refractivity contribution is 5.87. The molecule has 1 aromatic carbocycles. The maximum atomic E-state index is 11.6. The van der Waals surface area contributed by atoms with E-state index in [1.54, 1.807) is 12.1 Å². The van der Waals surface area contributed by atoms with Crippen molar-refractivity contribution in [2.75, 3.05) is 6.54 Å². The van der Waals surface area contributed by atoms with Crippen LogP contribution in [0.2, 0.25) is 0 Å². The van der Waals surface area contributed by atoms with Crippen molar-refractivity contribution < 1.29 is 14.7 Å². The SMILES string of the molecule is O=C(NCCC1CCCC1)NCc1ccc(C(=O)O)cc1. The molecule has 2 amide bonds. The third kappa shape index (κ3) is 5.10. The molecule has 0 spiro atoms. The first-order valence-electron chi connectivity index (χ1n) is 7.49. The molecule has 0 aromatic heterocycles. The first kappa shape index (κ1) is 15.4. The zero-order valence-electron chi connectivity index (χ0n) is 12.1.